The lowest BCUT2D eigenvalue weighted by Crippen LogP contribution is -2.27. The maximum absolute atomic E-state index is 4.67. The third kappa shape index (κ3) is 4.32. The Morgan fingerprint density at radius 3 is 2.04 bits per heavy atom. The van der Waals surface area contributed by atoms with Crippen molar-refractivity contribution < 1.29 is 0 Å². The fraction of sp³-hybridized carbons (Fsp3) is 0.200. The van der Waals surface area contributed by atoms with E-state index >= 15 is 0 Å². The van der Waals surface area contributed by atoms with Crippen LogP contribution in [-0.4, -0.2) is 15.5 Å². The van der Waals surface area contributed by atoms with Crippen LogP contribution in [-0.2, 0) is 0 Å². The number of para-hydroxylation sites is 1. The Bertz CT molecular complexity index is 793. The number of nitrogens with one attached hydrogen (secondary N) is 2. The van der Waals surface area contributed by atoms with Crippen molar-refractivity contribution in [2.24, 2.45) is 0 Å². The molecule has 0 aliphatic heterocycles. The van der Waals surface area contributed by atoms with Crippen molar-refractivity contribution in [1.29, 1.82) is 0 Å². The molecule has 2 N–H and O–H groups in total. The molecular weight excluding hydrogens is 296 g/mol. The van der Waals surface area contributed by atoms with Gasteiger partial charge in [0.15, 0.2) is 0 Å². The number of hydrogen-bond donors (Lipinski definition) is 2. The first-order chi connectivity index (χ1) is 11.5. The van der Waals surface area contributed by atoms with Crippen LogP contribution < -0.4 is 10.6 Å². The van der Waals surface area contributed by atoms with Crippen LogP contribution in [0.5, 0.6) is 0 Å². The van der Waals surface area contributed by atoms with Gasteiger partial charge in [0.2, 0.25) is 5.95 Å². The van der Waals surface area contributed by atoms with Gasteiger partial charge in [-0.1, -0.05) is 48.5 Å². The number of hydrogen-bond acceptors (Lipinski definition) is 4. The monoisotopic (exact) mass is 318 g/mol. The molecule has 0 aliphatic carbocycles. The van der Waals surface area contributed by atoms with E-state index in [9.17, 15) is 0 Å². The molecule has 3 rings (SSSR count). The van der Waals surface area contributed by atoms with Crippen LogP contribution in [0, 0.1) is 0 Å². The molecule has 0 radical (unpaired) electrons. The van der Waals surface area contributed by atoms with E-state index in [2.05, 4.69) is 53.5 Å². The summed E-state index contributed by atoms with van der Waals surface area (Å²) >= 11 is 0. The molecule has 122 valence electrons. The van der Waals surface area contributed by atoms with Gasteiger partial charge in [-0.15, -0.1) is 0 Å². The van der Waals surface area contributed by atoms with Gasteiger partial charge in [-0.3, -0.25) is 0 Å². The van der Waals surface area contributed by atoms with E-state index in [1.54, 1.807) is 0 Å². The summed E-state index contributed by atoms with van der Waals surface area (Å²) in [4.78, 5) is 9.27. The number of nitrogens with zero attached hydrogens (tertiary/aromatic N) is 2. The zero-order chi connectivity index (χ0) is 17.0. The van der Waals surface area contributed by atoms with E-state index in [-0.39, 0.29) is 5.54 Å². The molecule has 1 heterocycles. The summed E-state index contributed by atoms with van der Waals surface area (Å²) in [6.07, 6.45) is 0. The highest BCUT2D eigenvalue weighted by Gasteiger charge is 2.13. The quantitative estimate of drug-likeness (QED) is 0.703. The normalized spacial score (nSPS) is 11.1. The number of benzene rings is 2. The Kier molecular flexibility index (Phi) is 4.47. The summed E-state index contributed by atoms with van der Waals surface area (Å²) in [5, 5.41) is 6.70. The average molecular weight is 318 g/mol. The maximum Gasteiger partial charge on any atom is 0.225 e. The summed E-state index contributed by atoms with van der Waals surface area (Å²) in [7, 11) is 0. The Balaban J connectivity index is 1.99. The summed E-state index contributed by atoms with van der Waals surface area (Å²) in [6.45, 7) is 6.28. The number of aromatic nitrogens is 2. The minimum atomic E-state index is -0.112. The standard InChI is InChI=1S/C20H22N4/c1-20(2,3)24-19-22-17(15-10-6-4-7-11-15)14-18(23-19)21-16-12-8-5-9-13-16/h4-14H,1-3H3,(H2,21,22,23,24). The first-order valence-corrected chi connectivity index (χ1v) is 8.04. The van der Waals surface area contributed by atoms with E-state index in [4.69, 9.17) is 0 Å². The van der Waals surface area contributed by atoms with Crippen LogP contribution in [0.1, 0.15) is 20.8 Å². The van der Waals surface area contributed by atoms with Crippen LogP contribution in [0.25, 0.3) is 11.3 Å². The number of rotatable bonds is 4. The van der Waals surface area contributed by atoms with Crippen molar-refractivity contribution in [1.82, 2.24) is 9.97 Å². The SMILES string of the molecule is CC(C)(C)Nc1nc(Nc2ccccc2)cc(-c2ccccc2)n1. The molecule has 0 amide bonds. The highest BCUT2D eigenvalue weighted by molar-refractivity contribution is 5.67. The van der Waals surface area contributed by atoms with Crippen LogP contribution >= 0.6 is 0 Å². The minimum absolute atomic E-state index is 0.112. The first kappa shape index (κ1) is 16.0. The van der Waals surface area contributed by atoms with Gasteiger partial charge >= 0.3 is 0 Å². The van der Waals surface area contributed by atoms with Crippen LogP contribution in [0.2, 0.25) is 0 Å². The van der Waals surface area contributed by atoms with Crippen molar-refractivity contribution in [3.63, 3.8) is 0 Å². The predicted octanol–water partition coefficient (Wildman–Crippen LogP) is 5.10. The predicted molar refractivity (Wildman–Crippen MR) is 101 cm³/mol. The molecule has 0 unspecified atom stereocenters. The lowest BCUT2D eigenvalue weighted by atomic mass is 10.1. The average Bonchev–Trinajstić information content (AvgIpc) is 2.55. The lowest BCUT2D eigenvalue weighted by molar-refractivity contribution is 0.626. The molecule has 0 atom stereocenters. The van der Waals surface area contributed by atoms with E-state index in [0.29, 0.717) is 5.95 Å². The molecule has 0 bridgehead atoms. The fourth-order valence-electron chi connectivity index (χ4n) is 2.33. The molecule has 0 spiro atoms. The molecule has 3 aromatic rings. The minimum Gasteiger partial charge on any atom is -0.350 e. The largest absolute Gasteiger partial charge is 0.350 e. The second-order valence-corrected chi connectivity index (χ2v) is 6.69. The maximum atomic E-state index is 4.67. The molecular formula is C20H22N4. The van der Waals surface area contributed by atoms with Crippen LogP contribution in [0.4, 0.5) is 17.5 Å². The Labute approximate surface area is 143 Å². The molecule has 0 fully saturated rings. The highest BCUT2D eigenvalue weighted by atomic mass is 15.2. The second-order valence-electron chi connectivity index (χ2n) is 6.69. The summed E-state index contributed by atoms with van der Waals surface area (Å²) in [5.41, 5.74) is 2.83. The van der Waals surface area contributed by atoms with Gasteiger partial charge in [0.1, 0.15) is 5.82 Å². The van der Waals surface area contributed by atoms with Gasteiger partial charge in [-0.05, 0) is 32.9 Å². The summed E-state index contributed by atoms with van der Waals surface area (Å²) in [6, 6.07) is 22.1. The smallest absolute Gasteiger partial charge is 0.225 e. The van der Waals surface area contributed by atoms with Crippen LogP contribution in [0.15, 0.2) is 66.7 Å². The fourth-order valence-corrected chi connectivity index (χ4v) is 2.33. The zero-order valence-electron chi connectivity index (χ0n) is 14.2. The van der Waals surface area contributed by atoms with Gasteiger partial charge in [0.05, 0.1) is 5.69 Å². The second kappa shape index (κ2) is 6.71. The Hall–Kier alpha value is -2.88. The third-order valence-corrected chi connectivity index (χ3v) is 3.33. The Morgan fingerprint density at radius 1 is 0.792 bits per heavy atom. The van der Waals surface area contributed by atoms with Crippen LogP contribution in [0.3, 0.4) is 0 Å². The molecule has 4 nitrogen and oxygen atoms in total. The van der Waals surface area contributed by atoms with E-state index in [0.717, 1.165) is 22.8 Å². The van der Waals surface area contributed by atoms with Crippen molar-refractivity contribution in [3.8, 4) is 11.3 Å². The van der Waals surface area contributed by atoms with E-state index in [1.807, 2.05) is 54.6 Å². The molecule has 1 aromatic heterocycles. The van der Waals surface area contributed by atoms with Crippen molar-refractivity contribution in [2.75, 3.05) is 10.6 Å². The topological polar surface area (TPSA) is 49.8 Å². The Morgan fingerprint density at radius 2 is 1.42 bits per heavy atom. The molecule has 0 aliphatic rings. The molecule has 2 aromatic carbocycles. The van der Waals surface area contributed by atoms with Gasteiger partial charge in [0.25, 0.3) is 0 Å². The number of anilines is 3. The van der Waals surface area contributed by atoms with E-state index < -0.39 is 0 Å². The van der Waals surface area contributed by atoms with E-state index in [1.165, 1.54) is 0 Å². The third-order valence-electron chi connectivity index (χ3n) is 3.33. The van der Waals surface area contributed by atoms with Gasteiger partial charge in [-0.25, -0.2) is 4.98 Å². The lowest BCUT2D eigenvalue weighted by Gasteiger charge is -2.21. The van der Waals surface area contributed by atoms with Crippen molar-refractivity contribution in [3.05, 3.63) is 66.7 Å². The molecule has 4 heteroatoms. The first-order valence-electron chi connectivity index (χ1n) is 8.04. The van der Waals surface area contributed by atoms with Gasteiger partial charge < -0.3 is 10.6 Å². The van der Waals surface area contributed by atoms with Gasteiger partial charge in [0, 0.05) is 22.9 Å². The molecule has 24 heavy (non-hydrogen) atoms. The van der Waals surface area contributed by atoms with Crippen molar-refractivity contribution >= 4 is 17.5 Å². The summed E-state index contributed by atoms with van der Waals surface area (Å²) in [5.74, 6) is 1.38. The van der Waals surface area contributed by atoms with Crippen molar-refractivity contribution in [2.45, 2.75) is 26.3 Å². The zero-order valence-corrected chi connectivity index (χ0v) is 14.2. The van der Waals surface area contributed by atoms with Gasteiger partial charge in [-0.2, -0.15) is 4.98 Å². The molecule has 0 saturated carbocycles. The highest BCUT2D eigenvalue weighted by Crippen LogP contribution is 2.24. The molecule has 0 saturated heterocycles. The summed E-state index contributed by atoms with van der Waals surface area (Å²) < 4.78 is 0.